The highest BCUT2D eigenvalue weighted by molar-refractivity contribution is 7.99. The van der Waals surface area contributed by atoms with Gasteiger partial charge in [-0.2, -0.15) is 0 Å². The number of aliphatic carboxylic acids is 1. The Balaban J connectivity index is 1.44. The van der Waals surface area contributed by atoms with E-state index in [9.17, 15) is 34.2 Å². The van der Waals surface area contributed by atoms with E-state index in [0.29, 0.717) is 11.1 Å². The standard InChI is InChI=1S/C37H35N3O8S/c41-28-18-16-25(17-19-28)21-30(39-37(47)48-22-26-12-6-2-7-13-26)34(44)40-31(23-49-35(40)27-14-8-3-9-15-27)33(43)38-29(32(42)36(45)46)20-24-10-4-1-5-11-24/h1-19,29-31,35,41H,20-23H2,(H,38,43)(H,39,47)(H,45,46)/t29-,30-,31-,35?/m0/s1. The zero-order valence-corrected chi connectivity index (χ0v) is 27.1. The maximum atomic E-state index is 14.6. The number of phenolic OH excluding ortho intramolecular Hbond substituents is 1. The van der Waals surface area contributed by atoms with Crippen molar-refractivity contribution in [3.8, 4) is 5.75 Å². The van der Waals surface area contributed by atoms with Gasteiger partial charge < -0.3 is 30.5 Å². The minimum Gasteiger partial charge on any atom is -0.508 e. The third kappa shape index (κ3) is 9.26. The Morgan fingerprint density at radius 2 is 1.29 bits per heavy atom. The van der Waals surface area contributed by atoms with Crippen molar-refractivity contribution in [1.82, 2.24) is 15.5 Å². The molecule has 49 heavy (non-hydrogen) atoms. The fourth-order valence-electron chi connectivity index (χ4n) is 5.48. The topological polar surface area (TPSA) is 162 Å². The fraction of sp³-hybridized carbons (Fsp3) is 0.216. The van der Waals surface area contributed by atoms with Crippen LogP contribution >= 0.6 is 11.8 Å². The summed E-state index contributed by atoms with van der Waals surface area (Å²) in [5.41, 5.74) is 2.74. The third-order valence-electron chi connectivity index (χ3n) is 7.95. The maximum Gasteiger partial charge on any atom is 0.408 e. The predicted molar refractivity (Wildman–Crippen MR) is 182 cm³/mol. The van der Waals surface area contributed by atoms with Gasteiger partial charge in [0.2, 0.25) is 11.8 Å². The summed E-state index contributed by atoms with van der Waals surface area (Å²) in [5.74, 6) is -4.00. The Kier molecular flexibility index (Phi) is 11.7. The summed E-state index contributed by atoms with van der Waals surface area (Å²) >= 11 is 1.33. The Morgan fingerprint density at radius 3 is 1.90 bits per heavy atom. The van der Waals surface area contributed by atoms with Gasteiger partial charge >= 0.3 is 12.1 Å². The number of carboxylic acids is 1. The average Bonchev–Trinajstić information content (AvgIpc) is 3.57. The first-order valence-electron chi connectivity index (χ1n) is 15.5. The first kappa shape index (κ1) is 34.7. The molecule has 11 nitrogen and oxygen atoms in total. The van der Waals surface area contributed by atoms with Gasteiger partial charge in [0, 0.05) is 18.6 Å². The molecule has 4 atom stereocenters. The van der Waals surface area contributed by atoms with E-state index < -0.39 is 53.2 Å². The van der Waals surface area contributed by atoms with E-state index in [4.69, 9.17) is 4.74 Å². The second-order valence-corrected chi connectivity index (χ2v) is 12.5. The number of phenols is 1. The van der Waals surface area contributed by atoms with Crippen molar-refractivity contribution >= 4 is 41.4 Å². The number of Topliss-reactive ketones (excluding diaryl/α,β-unsaturated/α-hetero) is 1. The molecule has 3 amide bonds. The molecule has 4 N–H and O–H groups in total. The second-order valence-electron chi connectivity index (χ2n) is 11.4. The highest BCUT2D eigenvalue weighted by atomic mass is 32.2. The minimum absolute atomic E-state index is 0.00466. The van der Waals surface area contributed by atoms with Crippen LogP contribution in [0.15, 0.2) is 115 Å². The van der Waals surface area contributed by atoms with Crippen LogP contribution in [0.1, 0.15) is 27.6 Å². The van der Waals surface area contributed by atoms with Crippen LogP contribution in [0.5, 0.6) is 5.75 Å². The number of aromatic hydroxyl groups is 1. The van der Waals surface area contributed by atoms with Crippen molar-refractivity contribution in [3.05, 3.63) is 138 Å². The molecular weight excluding hydrogens is 646 g/mol. The first-order valence-corrected chi connectivity index (χ1v) is 16.6. The van der Waals surface area contributed by atoms with Crippen LogP contribution in [0, 0.1) is 0 Å². The number of hydrogen-bond donors (Lipinski definition) is 4. The summed E-state index contributed by atoms with van der Waals surface area (Å²) < 4.78 is 5.43. The lowest BCUT2D eigenvalue weighted by molar-refractivity contribution is -0.151. The molecule has 0 bridgehead atoms. The number of amides is 3. The lowest BCUT2D eigenvalue weighted by atomic mass is 10.0. The number of rotatable bonds is 13. The third-order valence-corrected chi connectivity index (χ3v) is 9.27. The van der Waals surface area contributed by atoms with E-state index in [2.05, 4.69) is 10.6 Å². The molecule has 4 aromatic carbocycles. The zero-order chi connectivity index (χ0) is 34.8. The Morgan fingerprint density at radius 1 is 0.735 bits per heavy atom. The summed E-state index contributed by atoms with van der Waals surface area (Å²) in [6.07, 6.45) is -0.906. The Hall–Kier alpha value is -5.62. The summed E-state index contributed by atoms with van der Waals surface area (Å²) in [6, 6.07) is 29.3. The van der Waals surface area contributed by atoms with Crippen LogP contribution in [0.25, 0.3) is 0 Å². The number of ketones is 1. The van der Waals surface area contributed by atoms with E-state index >= 15 is 0 Å². The van der Waals surface area contributed by atoms with Gasteiger partial charge in [-0.15, -0.1) is 11.8 Å². The largest absolute Gasteiger partial charge is 0.508 e. The molecule has 252 valence electrons. The number of thioether (sulfide) groups is 1. The van der Waals surface area contributed by atoms with Crippen LogP contribution in [0.4, 0.5) is 4.79 Å². The number of ether oxygens (including phenoxy) is 1. The van der Waals surface area contributed by atoms with Gasteiger partial charge in [0.1, 0.15) is 35.9 Å². The van der Waals surface area contributed by atoms with E-state index in [1.54, 1.807) is 66.7 Å². The van der Waals surface area contributed by atoms with E-state index in [1.165, 1.54) is 28.8 Å². The molecule has 0 spiro atoms. The molecular formula is C37H35N3O8S. The van der Waals surface area contributed by atoms with Crippen LogP contribution in [0.2, 0.25) is 0 Å². The van der Waals surface area contributed by atoms with Gasteiger partial charge in [-0.05, 0) is 34.4 Å². The number of carboxylic acid groups (broad SMARTS) is 1. The van der Waals surface area contributed by atoms with Gasteiger partial charge in [-0.25, -0.2) is 9.59 Å². The lowest BCUT2D eigenvalue weighted by Gasteiger charge is -2.33. The van der Waals surface area contributed by atoms with Crippen molar-refractivity contribution < 1.29 is 38.9 Å². The molecule has 1 aliphatic heterocycles. The highest BCUT2D eigenvalue weighted by Crippen LogP contribution is 2.42. The summed E-state index contributed by atoms with van der Waals surface area (Å²) in [5, 5.41) is 24.0. The van der Waals surface area contributed by atoms with Gasteiger partial charge in [0.25, 0.3) is 5.78 Å². The number of nitrogens with one attached hydrogen (secondary N) is 2. The molecule has 12 heteroatoms. The highest BCUT2D eigenvalue weighted by Gasteiger charge is 2.45. The zero-order valence-electron chi connectivity index (χ0n) is 26.3. The summed E-state index contributed by atoms with van der Waals surface area (Å²) in [7, 11) is 0. The van der Waals surface area contributed by atoms with Crippen LogP contribution in [0.3, 0.4) is 0 Å². The van der Waals surface area contributed by atoms with Crippen LogP contribution in [-0.2, 0) is 43.4 Å². The van der Waals surface area contributed by atoms with Crippen LogP contribution in [-0.4, -0.2) is 68.7 Å². The number of carbonyl (C=O) groups excluding carboxylic acids is 4. The lowest BCUT2D eigenvalue weighted by Crippen LogP contribution is -2.57. The van der Waals surface area contributed by atoms with E-state index in [1.807, 2.05) is 36.4 Å². The number of hydrogen-bond acceptors (Lipinski definition) is 8. The second kappa shape index (κ2) is 16.5. The van der Waals surface area contributed by atoms with Gasteiger partial charge in [0.05, 0.1) is 0 Å². The van der Waals surface area contributed by atoms with Crippen molar-refractivity contribution in [2.24, 2.45) is 0 Å². The monoisotopic (exact) mass is 681 g/mol. The predicted octanol–water partition coefficient (Wildman–Crippen LogP) is 4.25. The maximum absolute atomic E-state index is 14.6. The molecule has 0 saturated carbocycles. The van der Waals surface area contributed by atoms with E-state index in [0.717, 1.165) is 11.1 Å². The number of alkyl carbamates (subject to hydrolysis) is 1. The smallest absolute Gasteiger partial charge is 0.408 e. The van der Waals surface area contributed by atoms with Gasteiger partial charge in [-0.3, -0.25) is 14.4 Å². The van der Waals surface area contributed by atoms with Gasteiger partial charge in [0.15, 0.2) is 0 Å². The molecule has 1 aliphatic rings. The molecule has 0 radical (unpaired) electrons. The van der Waals surface area contributed by atoms with Crippen molar-refractivity contribution in [1.29, 1.82) is 0 Å². The van der Waals surface area contributed by atoms with E-state index in [-0.39, 0.29) is 31.0 Å². The van der Waals surface area contributed by atoms with Crippen LogP contribution < -0.4 is 10.6 Å². The molecule has 1 unspecified atom stereocenters. The molecule has 1 heterocycles. The SMILES string of the molecule is O=C(N[C@@H](Cc1ccc(O)cc1)C(=O)N1C(c2ccccc2)SC[C@H]1C(=O)N[C@@H](Cc1ccccc1)C(=O)C(=O)O)OCc1ccccc1. The normalized spacial score (nSPS) is 16.6. The number of benzene rings is 4. The number of carbonyl (C=O) groups is 5. The quantitative estimate of drug-likeness (QED) is 0.151. The van der Waals surface area contributed by atoms with Crippen molar-refractivity contribution in [2.75, 3.05) is 5.75 Å². The van der Waals surface area contributed by atoms with Crippen molar-refractivity contribution in [3.63, 3.8) is 0 Å². The van der Waals surface area contributed by atoms with Crippen molar-refractivity contribution in [2.45, 2.75) is 42.9 Å². The average molecular weight is 682 g/mol. The Labute approximate surface area is 287 Å². The summed E-state index contributed by atoms with van der Waals surface area (Å²) in [6.45, 7) is -0.0373. The molecule has 0 aliphatic carbocycles. The Bertz CT molecular complexity index is 1760. The number of nitrogens with zero attached hydrogens (tertiary/aromatic N) is 1. The molecule has 1 saturated heterocycles. The summed E-state index contributed by atoms with van der Waals surface area (Å²) in [4.78, 5) is 67.5. The minimum atomic E-state index is -1.69. The molecule has 4 aromatic rings. The fourth-order valence-corrected chi connectivity index (χ4v) is 6.92. The molecule has 0 aromatic heterocycles. The van der Waals surface area contributed by atoms with Gasteiger partial charge in [-0.1, -0.05) is 103 Å². The first-order chi connectivity index (χ1) is 23.7. The molecule has 5 rings (SSSR count). The molecule has 1 fully saturated rings.